The van der Waals surface area contributed by atoms with E-state index in [2.05, 4.69) is 0 Å². The van der Waals surface area contributed by atoms with Crippen LogP contribution in [0.4, 0.5) is 4.39 Å². The van der Waals surface area contributed by atoms with Gasteiger partial charge in [0.05, 0.1) is 6.61 Å². The molecule has 2 atom stereocenters. The fraction of sp³-hybridized carbons (Fsp3) is 1.00. The molecule has 1 aliphatic rings. The van der Waals surface area contributed by atoms with Gasteiger partial charge in [0.2, 0.25) is 0 Å². The normalized spacial score (nSPS) is 35.1. The van der Waals surface area contributed by atoms with Crippen LogP contribution in [0.5, 0.6) is 0 Å². The summed E-state index contributed by atoms with van der Waals surface area (Å²) in [6.45, 7) is 1.21. The first kappa shape index (κ1) is 7.95. The van der Waals surface area contributed by atoms with E-state index >= 15 is 0 Å². The van der Waals surface area contributed by atoms with Crippen molar-refractivity contribution in [3.05, 3.63) is 0 Å². The molecule has 2 nitrogen and oxygen atoms in total. The van der Waals surface area contributed by atoms with Crippen LogP contribution in [0, 0.1) is 0 Å². The van der Waals surface area contributed by atoms with Crippen molar-refractivity contribution in [3.63, 3.8) is 0 Å². The maximum atomic E-state index is 12.7. The Morgan fingerprint density at radius 3 is 2.80 bits per heavy atom. The van der Waals surface area contributed by atoms with E-state index in [0.29, 0.717) is 25.6 Å². The Hall–Kier alpha value is -0.150. The lowest BCUT2D eigenvalue weighted by Gasteiger charge is -2.16. The van der Waals surface area contributed by atoms with Gasteiger partial charge in [-0.05, 0) is 13.5 Å². The van der Waals surface area contributed by atoms with Gasteiger partial charge >= 0.3 is 0 Å². The lowest BCUT2D eigenvalue weighted by molar-refractivity contribution is 0.129. The largest absolute Gasteiger partial charge is 0.383 e. The minimum Gasteiger partial charge on any atom is -0.383 e. The molecule has 0 saturated carbocycles. The molecule has 1 saturated heterocycles. The van der Waals surface area contributed by atoms with Crippen LogP contribution >= 0.6 is 0 Å². The van der Waals surface area contributed by atoms with E-state index in [1.165, 1.54) is 0 Å². The molecule has 0 aromatic carbocycles. The van der Waals surface area contributed by atoms with Crippen molar-refractivity contribution in [1.82, 2.24) is 4.90 Å². The molecule has 1 rings (SSSR count). The number of likely N-dealkylation sites (N-methyl/N-ethyl adjacent to an activating group) is 1. The van der Waals surface area contributed by atoms with Crippen molar-refractivity contribution in [3.8, 4) is 0 Å². The first-order valence-corrected chi connectivity index (χ1v) is 3.57. The fourth-order valence-corrected chi connectivity index (χ4v) is 1.40. The molecule has 0 aromatic rings. The van der Waals surface area contributed by atoms with Gasteiger partial charge in [0, 0.05) is 19.7 Å². The summed E-state index contributed by atoms with van der Waals surface area (Å²) in [5.74, 6) is 0. The Morgan fingerprint density at radius 2 is 2.40 bits per heavy atom. The Morgan fingerprint density at radius 1 is 1.70 bits per heavy atom. The molecular formula is C7H14FNO. The molecule has 60 valence electrons. The Kier molecular flexibility index (Phi) is 2.63. The molecule has 0 aliphatic carbocycles. The molecule has 1 aliphatic heterocycles. The van der Waals surface area contributed by atoms with E-state index in [-0.39, 0.29) is 0 Å². The highest BCUT2D eigenvalue weighted by Crippen LogP contribution is 2.17. The van der Waals surface area contributed by atoms with Crippen molar-refractivity contribution in [1.29, 1.82) is 0 Å². The van der Waals surface area contributed by atoms with Gasteiger partial charge in [0.25, 0.3) is 0 Å². The van der Waals surface area contributed by atoms with Crippen LogP contribution in [0.3, 0.4) is 0 Å². The first-order chi connectivity index (χ1) is 4.74. The summed E-state index contributed by atoms with van der Waals surface area (Å²) in [4.78, 5) is 2.01. The Balaban J connectivity index is 2.31. The second-order valence-electron chi connectivity index (χ2n) is 2.88. The highest BCUT2D eigenvalue weighted by atomic mass is 19.1. The molecule has 1 heterocycles. The molecule has 3 heteroatoms. The highest BCUT2D eigenvalue weighted by molar-refractivity contribution is 4.82. The van der Waals surface area contributed by atoms with E-state index in [9.17, 15) is 4.39 Å². The summed E-state index contributed by atoms with van der Waals surface area (Å²) in [5, 5.41) is 0. The summed E-state index contributed by atoms with van der Waals surface area (Å²) in [7, 11) is 3.59. The second kappa shape index (κ2) is 3.30. The van der Waals surface area contributed by atoms with Gasteiger partial charge in [-0.15, -0.1) is 0 Å². The molecule has 10 heavy (non-hydrogen) atoms. The smallest absolute Gasteiger partial charge is 0.114 e. The zero-order valence-corrected chi connectivity index (χ0v) is 6.51. The molecule has 0 radical (unpaired) electrons. The third-order valence-electron chi connectivity index (χ3n) is 2.00. The lowest BCUT2D eigenvalue weighted by atomic mass is 10.2. The van der Waals surface area contributed by atoms with E-state index in [0.717, 1.165) is 0 Å². The fourth-order valence-electron chi connectivity index (χ4n) is 1.40. The highest BCUT2D eigenvalue weighted by Gasteiger charge is 2.28. The second-order valence-corrected chi connectivity index (χ2v) is 2.88. The minimum absolute atomic E-state index is 0.292. The van der Waals surface area contributed by atoms with E-state index in [1.54, 1.807) is 7.11 Å². The SMILES string of the molecule is COC[C@H]1C[C@H](F)CN1C. The summed E-state index contributed by atoms with van der Waals surface area (Å²) in [6.07, 6.45) is -0.0187. The Bertz CT molecular complexity index is 110. The summed E-state index contributed by atoms with van der Waals surface area (Å²) in [5.41, 5.74) is 0. The lowest BCUT2D eigenvalue weighted by Crippen LogP contribution is -2.28. The van der Waals surface area contributed by atoms with Gasteiger partial charge in [-0.2, -0.15) is 0 Å². The van der Waals surface area contributed by atoms with Crippen LogP contribution in [0.2, 0.25) is 0 Å². The maximum Gasteiger partial charge on any atom is 0.114 e. The number of halogens is 1. The van der Waals surface area contributed by atoms with E-state index in [4.69, 9.17) is 4.74 Å². The number of nitrogens with zero attached hydrogens (tertiary/aromatic N) is 1. The van der Waals surface area contributed by atoms with Gasteiger partial charge in [0.1, 0.15) is 6.17 Å². The topological polar surface area (TPSA) is 12.5 Å². The molecule has 0 amide bonds. The summed E-state index contributed by atoms with van der Waals surface area (Å²) >= 11 is 0. The zero-order chi connectivity index (χ0) is 7.56. The Labute approximate surface area is 61.0 Å². The standard InChI is InChI=1S/C7H14FNO/c1-9-4-6(8)3-7(9)5-10-2/h6-7H,3-5H2,1-2H3/t6-,7+/m0/s1. The molecule has 1 fully saturated rings. The molecule has 0 bridgehead atoms. The van der Waals surface area contributed by atoms with Crippen molar-refractivity contribution in [2.45, 2.75) is 18.6 Å². The first-order valence-electron chi connectivity index (χ1n) is 3.57. The predicted molar refractivity (Wildman–Crippen MR) is 37.8 cm³/mol. The van der Waals surface area contributed by atoms with Gasteiger partial charge in [-0.1, -0.05) is 0 Å². The van der Waals surface area contributed by atoms with Gasteiger partial charge < -0.3 is 4.74 Å². The summed E-state index contributed by atoms with van der Waals surface area (Å²) in [6, 6.07) is 0.292. The molecule has 0 N–H and O–H groups in total. The zero-order valence-electron chi connectivity index (χ0n) is 6.51. The number of hydrogen-bond donors (Lipinski definition) is 0. The van der Waals surface area contributed by atoms with Crippen molar-refractivity contribution in [2.75, 3.05) is 27.3 Å². The van der Waals surface area contributed by atoms with E-state index < -0.39 is 6.17 Å². The van der Waals surface area contributed by atoms with Crippen LogP contribution < -0.4 is 0 Å². The quantitative estimate of drug-likeness (QED) is 0.569. The average Bonchev–Trinajstić information content (AvgIpc) is 2.13. The van der Waals surface area contributed by atoms with Crippen LogP contribution in [0.1, 0.15) is 6.42 Å². The monoisotopic (exact) mass is 147 g/mol. The van der Waals surface area contributed by atoms with Crippen molar-refractivity contribution >= 4 is 0 Å². The van der Waals surface area contributed by atoms with Gasteiger partial charge in [0.15, 0.2) is 0 Å². The number of hydrogen-bond acceptors (Lipinski definition) is 2. The molecule has 0 spiro atoms. The van der Waals surface area contributed by atoms with Crippen LogP contribution in [0.15, 0.2) is 0 Å². The van der Waals surface area contributed by atoms with Gasteiger partial charge in [-0.25, -0.2) is 4.39 Å². The predicted octanol–water partition coefficient (Wildman–Crippen LogP) is 0.675. The number of ether oxygens (including phenoxy) is 1. The summed E-state index contributed by atoms with van der Waals surface area (Å²) < 4.78 is 17.6. The third-order valence-corrected chi connectivity index (χ3v) is 2.00. The average molecular weight is 147 g/mol. The molecule has 0 unspecified atom stereocenters. The van der Waals surface area contributed by atoms with Crippen molar-refractivity contribution in [2.24, 2.45) is 0 Å². The van der Waals surface area contributed by atoms with Crippen LogP contribution in [0.25, 0.3) is 0 Å². The van der Waals surface area contributed by atoms with Crippen LogP contribution in [-0.2, 0) is 4.74 Å². The van der Waals surface area contributed by atoms with Gasteiger partial charge in [-0.3, -0.25) is 4.90 Å². The van der Waals surface area contributed by atoms with E-state index in [1.807, 2.05) is 11.9 Å². The number of likely N-dealkylation sites (tertiary alicyclic amines) is 1. The van der Waals surface area contributed by atoms with Crippen molar-refractivity contribution < 1.29 is 9.13 Å². The molecular weight excluding hydrogens is 133 g/mol. The number of alkyl halides is 1. The molecule has 0 aromatic heterocycles. The minimum atomic E-state index is -0.648. The number of rotatable bonds is 2. The maximum absolute atomic E-state index is 12.7. The van der Waals surface area contributed by atoms with Crippen LogP contribution in [-0.4, -0.2) is 44.4 Å². The number of methoxy groups -OCH3 is 1. The third kappa shape index (κ3) is 1.67.